The maximum Gasteiger partial charge on any atom is -0.0182 e. The molecule has 0 nitrogen and oxygen atoms in total. The lowest BCUT2D eigenvalue weighted by molar-refractivity contribution is 0.168. The van der Waals surface area contributed by atoms with E-state index in [0.717, 1.165) is 11.8 Å². The van der Waals surface area contributed by atoms with Gasteiger partial charge in [0.2, 0.25) is 0 Å². The molecule has 0 heterocycles. The van der Waals surface area contributed by atoms with Crippen molar-refractivity contribution in [1.29, 1.82) is 0 Å². The molecular formula is C20H26. The van der Waals surface area contributed by atoms with Gasteiger partial charge < -0.3 is 0 Å². The fourth-order valence-electron chi connectivity index (χ4n) is 5.15. The van der Waals surface area contributed by atoms with Crippen molar-refractivity contribution in [2.24, 2.45) is 17.3 Å². The van der Waals surface area contributed by atoms with Crippen LogP contribution in [0, 0.1) is 17.3 Å². The maximum absolute atomic E-state index is 2.53. The molecule has 2 bridgehead atoms. The minimum Gasteiger partial charge on any atom is -0.0850 e. The zero-order chi connectivity index (χ0) is 13.7. The molecule has 1 aromatic carbocycles. The molecule has 0 saturated heterocycles. The molecule has 20 heavy (non-hydrogen) atoms. The van der Waals surface area contributed by atoms with E-state index in [4.69, 9.17) is 0 Å². The molecule has 2 atom stereocenters. The van der Waals surface area contributed by atoms with Gasteiger partial charge in [0.15, 0.2) is 0 Å². The molecule has 1 aromatic rings. The van der Waals surface area contributed by atoms with Gasteiger partial charge >= 0.3 is 0 Å². The van der Waals surface area contributed by atoms with Crippen molar-refractivity contribution in [1.82, 2.24) is 0 Å². The van der Waals surface area contributed by atoms with Gasteiger partial charge in [-0.15, -0.1) is 0 Å². The third-order valence-corrected chi connectivity index (χ3v) is 6.06. The first-order valence-corrected chi connectivity index (χ1v) is 8.44. The maximum atomic E-state index is 2.53. The Morgan fingerprint density at radius 3 is 2.85 bits per heavy atom. The first-order valence-electron chi connectivity index (χ1n) is 8.44. The van der Waals surface area contributed by atoms with Gasteiger partial charge in [0.1, 0.15) is 0 Å². The predicted molar refractivity (Wildman–Crippen MR) is 84.9 cm³/mol. The second-order valence-electron chi connectivity index (χ2n) is 7.87. The van der Waals surface area contributed by atoms with Crippen LogP contribution in [-0.4, -0.2) is 0 Å². The smallest absolute Gasteiger partial charge is 0.0182 e. The summed E-state index contributed by atoms with van der Waals surface area (Å²) in [7, 11) is 0. The Hall–Kier alpha value is -1.04. The fraction of sp³-hybridized carbons (Fsp3) is 0.600. The highest BCUT2D eigenvalue weighted by Crippen LogP contribution is 2.58. The van der Waals surface area contributed by atoms with Crippen LogP contribution in [0.5, 0.6) is 0 Å². The molecule has 2 unspecified atom stereocenters. The zero-order valence-electron chi connectivity index (χ0n) is 12.9. The number of fused-ring (bicyclic) bond motifs is 4. The van der Waals surface area contributed by atoms with Crippen molar-refractivity contribution < 1.29 is 0 Å². The minimum absolute atomic E-state index is 0.646. The Balaban J connectivity index is 1.66. The predicted octanol–water partition coefficient (Wildman–Crippen LogP) is 5.10. The van der Waals surface area contributed by atoms with E-state index in [2.05, 4.69) is 38.1 Å². The minimum atomic E-state index is 0.646. The summed E-state index contributed by atoms with van der Waals surface area (Å²) < 4.78 is 0. The molecule has 1 fully saturated rings. The molecule has 3 aliphatic rings. The van der Waals surface area contributed by atoms with Gasteiger partial charge in [-0.25, -0.2) is 0 Å². The molecule has 0 heteroatoms. The third-order valence-electron chi connectivity index (χ3n) is 6.06. The van der Waals surface area contributed by atoms with E-state index in [1.54, 1.807) is 22.3 Å². The number of rotatable bonds is 2. The van der Waals surface area contributed by atoms with Crippen molar-refractivity contribution in [3.05, 3.63) is 46.5 Å². The van der Waals surface area contributed by atoms with Crippen molar-refractivity contribution in [3.63, 3.8) is 0 Å². The number of benzene rings is 1. The Morgan fingerprint density at radius 1 is 1.25 bits per heavy atom. The van der Waals surface area contributed by atoms with E-state index in [0.29, 0.717) is 5.41 Å². The van der Waals surface area contributed by atoms with Crippen LogP contribution in [0.4, 0.5) is 0 Å². The van der Waals surface area contributed by atoms with Gasteiger partial charge in [-0.2, -0.15) is 0 Å². The van der Waals surface area contributed by atoms with Crippen molar-refractivity contribution in [2.45, 2.75) is 58.8 Å². The van der Waals surface area contributed by atoms with Gasteiger partial charge in [0.25, 0.3) is 0 Å². The van der Waals surface area contributed by atoms with Crippen LogP contribution < -0.4 is 0 Å². The SMILES string of the molecule is CC(C)Cc1cccc2c1CCC1(CC3=CCC1C3)C2. The van der Waals surface area contributed by atoms with Crippen molar-refractivity contribution in [2.75, 3.05) is 0 Å². The fourth-order valence-corrected chi connectivity index (χ4v) is 5.15. The molecule has 1 spiro atoms. The standard InChI is InChI=1S/C20H26/c1-14(2)10-16-4-3-5-17-13-20(9-8-19(16)17)12-15-6-7-18(20)11-15/h3-6,14,18H,7-13H2,1-2H3. The highest BCUT2D eigenvalue weighted by molar-refractivity contribution is 5.40. The molecule has 4 rings (SSSR count). The Morgan fingerprint density at radius 2 is 2.15 bits per heavy atom. The second kappa shape index (κ2) is 4.48. The molecule has 3 aliphatic carbocycles. The zero-order valence-corrected chi connectivity index (χ0v) is 12.9. The summed E-state index contributed by atoms with van der Waals surface area (Å²) in [6.07, 6.45) is 12.1. The lowest BCUT2D eigenvalue weighted by Crippen LogP contribution is -2.33. The number of allylic oxidation sites excluding steroid dienone is 2. The van der Waals surface area contributed by atoms with Crippen LogP contribution in [0.25, 0.3) is 0 Å². The summed E-state index contributed by atoms with van der Waals surface area (Å²) in [5, 5.41) is 0. The summed E-state index contributed by atoms with van der Waals surface area (Å²) in [5.74, 6) is 1.74. The average molecular weight is 266 g/mol. The lowest BCUT2D eigenvalue weighted by atomic mass is 9.63. The first kappa shape index (κ1) is 12.7. The molecular weight excluding hydrogens is 240 g/mol. The summed E-state index contributed by atoms with van der Waals surface area (Å²) in [5.41, 5.74) is 7.45. The van der Waals surface area contributed by atoms with Gasteiger partial charge in [0, 0.05) is 0 Å². The van der Waals surface area contributed by atoms with Gasteiger partial charge in [-0.05, 0) is 78.9 Å². The van der Waals surface area contributed by atoms with Crippen molar-refractivity contribution in [3.8, 4) is 0 Å². The second-order valence-corrected chi connectivity index (χ2v) is 7.87. The van der Waals surface area contributed by atoms with Crippen LogP contribution in [-0.2, 0) is 19.3 Å². The van der Waals surface area contributed by atoms with E-state index in [1.165, 1.54) is 44.9 Å². The molecule has 1 saturated carbocycles. The molecule has 0 N–H and O–H groups in total. The van der Waals surface area contributed by atoms with E-state index in [-0.39, 0.29) is 0 Å². The van der Waals surface area contributed by atoms with Crippen molar-refractivity contribution >= 4 is 0 Å². The summed E-state index contributed by atoms with van der Waals surface area (Å²) in [4.78, 5) is 0. The Labute approximate surface area is 123 Å². The highest BCUT2D eigenvalue weighted by Gasteiger charge is 2.48. The van der Waals surface area contributed by atoms with E-state index in [9.17, 15) is 0 Å². The van der Waals surface area contributed by atoms with E-state index >= 15 is 0 Å². The normalized spacial score (nSPS) is 30.9. The van der Waals surface area contributed by atoms with Gasteiger partial charge in [-0.1, -0.05) is 43.7 Å². The Bertz CT molecular complexity index is 563. The van der Waals surface area contributed by atoms with Gasteiger partial charge in [-0.3, -0.25) is 0 Å². The average Bonchev–Trinajstić information content (AvgIpc) is 2.98. The van der Waals surface area contributed by atoms with Crippen LogP contribution in [0.15, 0.2) is 29.8 Å². The van der Waals surface area contributed by atoms with E-state index < -0.39 is 0 Å². The number of hydrogen-bond donors (Lipinski definition) is 0. The molecule has 0 amide bonds. The largest absolute Gasteiger partial charge is 0.0850 e. The topological polar surface area (TPSA) is 0 Å². The summed E-state index contributed by atoms with van der Waals surface area (Å²) in [6, 6.07) is 7.10. The van der Waals surface area contributed by atoms with Gasteiger partial charge in [0.05, 0.1) is 0 Å². The quantitative estimate of drug-likeness (QED) is 0.653. The third kappa shape index (κ3) is 1.88. The van der Waals surface area contributed by atoms with Crippen LogP contribution in [0.3, 0.4) is 0 Å². The molecule has 0 aliphatic heterocycles. The molecule has 0 aromatic heterocycles. The van der Waals surface area contributed by atoms with Crippen LogP contribution >= 0.6 is 0 Å². The number of hydrogen-bond acceptors (Lipinski definition) is 0. The molecule has 0 radical (unpaired) electrons. The molecule has 106 valence electrons. The highest BCUT2D eigenvalue weighted by atomic mass is 14.5. The Kier molecular flexibility index (Phi) is 2.84. The van der Waals surface area contributed by atoms with Crippen LogP contribution in [0.2, 0.25) is 0 Å². The van der Waals surface area contributed by atoms with E-state index in [1.807, 2.05) is 0 Å². The van der Waals surface area contributed by atoms with Crippen LogP contribution in [0.1, 0.15) is 56.2 Å². The first-order chi connectivity index (χ1) is 9.66. The lowest BCUT2D eigenvalue weighted by Gasteiger charge is -2.41. The summed E-state index contributed by atoms with van der Waals surface area (Å²) >= 11 is 0. The monoisotopic (exact) mass is 266 g/mol. The summed E-state index contributed by atoms with van der Waals surface area (Å²) in [6.45, 7) is 4.68.